The first-order chi connectivity index (χ1) is 7.06. The molecule has 0 aliphatic heterocycles. The molecule has 0 saturated heterocycles. The van der Waals surface area contributed by atoms with E-state index < -0.39 is 17.4 Å². The van der Waals surface area contributed by atoms with Crippen molar-refractivity contribution in [1.29, 1.82) is 0 Å². The zero-order valence-corrected chi connectivity index (χ0v) is 7.45. The van der Waals surface area contributed by atoms with Gasteiger partial charge >= 0.3 is 11.8 Å². The van der Waals surface area contributed by atoms with E-state index in [1.54, 1.807) is 0 Å². The summed E-state index contributed by atoms with van der Waals surface area (Å²) < 4.78 is 0.943. The van der Waals surface area contributed by atoms with E-state index in [2.05, 4.69) is 0 Å². The van der Waals surface area contributed by atoms with Crippen LogP contribution in [0.3, 0.4) is 0 Å². The quantitative estimate of drug-likeness (QED) is 0.273. The maximum atomic E-state index is 11.0. The number of carbonyl (C=O) groups is 2. The number of Topliss-reactive ketones (excluding diaryl/α,β-unsaturated/α-hetero) is 1. The van der Waals surface area contributed by atoms with E-state index in [0.717, 1.165) is 10.8 Å². The molecule has 0 aliphatic rings. The van der Waals surface area contributed by atoms with Crippen LogP contribution in [0.4, 0.5) is 0 Å². The monoisotopic (exact) mass is 209 g/mol. The third-order valence-electron chi connectivity index (χ3n) is 1.60. The number of carboxylic acid groups (broad SMARTS) is 1. The van der Waals surface area contributed by atoms with Crippen molar-refractivity contribution in [1.82, 2.24) is 0 Å². The lowest BCUT2D eigenvalue weighted by Crippen LogP contribution is -2.39. The van der Waals surface area contributed by atoms with Crippen LogP contribution in [0.2, 0.25) is 0 Å². The molecular weight excluding hydrogens is 202 g/mol. The van der Waals surface area contributed by atoms with Crippen molar-refractivity contribution < 1.29 is 29.5 Å². The molecule has 1 heterocycles. The molecule has 0 saturated carbocycles. The molecule has 0 radical (unpaired) electrons. The van der Waals surface area contributed by atoms with Crippen molar-refractivity contribution >= 4 is 17.4 Å². The van der Waals surface area contributed by atoms with Gasteiger partial charge in [-0.1, -0.05) is 6.26 Å². The predicted octanol–water partition coefficient (Wildman–Crippen LogP) is -1.51. The molecular formula is C9H7NO5. The Hall–Kier alpha value is -2.37. The number of nitrogens with zero attached hydrogens (tertiary/aromatic N) is 1. The summed E-state index contributed by atoms with van der Waals surface area (Å²) in [7, 11) is 0. The maximum absolute atomic E-state index is 11.0. The number of aromatic hydroxyl groups is 1. The van der Waals surface area contributed by atoms with Crippen LogP contribution in [-0.4, -0.2) is 22.0 Å². The van der Waals surface area contributed by atoms with Crippen molar-refractivity contribution in [2.45, 2.75) is 0 Å². The highest BCUT2D eigenvalue weighted by atomic mass is 16.4. The van der Waals surface area contributed by atoms with Gasteiger partial charge in [0.25, 0.3) is 5.70 Å². The summed E-state index contributed by atoms with van der Waals surface area (Å²) in [4.78, 5) is 21.4. The van der Waals surface area contributed by atoms with Crippen molar-refractivity contribution in [3.63, 3.8) is 0 Å². The normalized spacial score (nSPS) is 11.1. The van der Waals surface area contributed by atoms with Gasteiger partial charge in [0, 0.05) is 6.07 Å². The molecule has 0 atom stereocenters. The van der Waals surface area contributed by atoms with Crippen molar-refractivity contribution in [2.24, 2.45) is 0 Å². The molecule has 1 aromatic heterocycles. The fourth-order valence-corrected chi connectivity index (χ4v) is 0.954. The number of rotatable bonds is 3. The lowest BCUT2D eigenvalue weighted by atomic mass is 10.3. The Labute approximate surface area is 84.3 Å². The summed E-state index contributed by atoms with van der Waals surface area (Å²) in [6.45, 7) is 0. The molecule has 0 unspecified atom stereocenters. The fraction of sp³-hybridized carbons (Fsp3) is 0. The topological polar surface area (TPSA) is 102 Å². The van der Waals surface area contributed by atoms with Crippen LogP contribution in [0.1, 0.15) is 0 Å². The molecule has 6 heteroatoms. The molecule has 0 spiro atoms. The van der Waals surface area contributed by atoms with Crippen LogP contribution >= 0.6 is 0 Å². The van der Waals surface area contributed by atoms with Gasteiger partial charge in [0.05, 0.1) is 0 Å². The Kier molecular flexibility index (Phi) is 3.02. The zero-order valence-electron chi connectivity index (χ0n) is 7.45. The maximum Gasteiger partial charge on any atom is 0.383 e. The third-order valence-corrected chi connectivity index (χ3v) is 1.60. The highest BCUT2D eigenvalue weighted by Crippen LogP contribution is 2.03. The van der Waals surface area contributed by atoms with Gasteiger partial charge in [0.2, 0.25) is 6.20 Å². The number of hydrogen-bond donors (Lipinski definition) is 2. The molecule has 0 aliphatic carbocycles. The summed E-state index contributed by atoms with van der Waals surface area (Å²) in [6.07, 6.45) is 2.46. The number of aliphatic carboxylic acids is 1. The first-order valence-electron chi connectivity index (χ1n) is 3.86. The predicted molar refractivity (Wildman–Crippen MR) is 45.2 cm³/mol. The number of carboxylic acids is 1. The van der Waals surface area contributed by atoms with Crippen LogP contribution in [0.15, 0.2) is 30.8 Å². The third kappa shape index (κ3) is 2.31. The standard InChI is InChI=1S/C9H7NO5/c11-5-7(8(13)9(14)15)10-3-1-2-6(12)4-10/h1-5H,(H2-,11,12,13,14,15). The summed E-state index contributed by atoms with van der Waals surface area (Å²) >= 11 is 0. The first-order valence-corrected chi connectivity index (χ1v) is 3.86. The van der Waals surface area contributed by atoms with Gasteiger partial charge in [0.1, 0.15) is 0 Å². The molecule has 0 aromatic carbocycles. The van der Waals surface area contributed by atoms with Gasteiger partial charge in [-0.3, -0.25) is 4.79 Å². The Bertz CT molecular complexity index is 438. The van der Waals surface area contributed by atoms with Gasteiger partial charge in [-0.2, -0.15) is 4.57 Å². The van der Waals surface area contributed by atoms with E-state index in [1.165, 1.54) is 18.3 Å². The van der Waals surface area contributed by atoms with Gasteiger partial charge in [-0.25, -0.2) is 4.79 Å². The van der Waals surface area contributed by atoms with Crippen molar-refractivity contribution in [2.75, 3.05) is 0 Å². The number of ketones is 1. The van der Waals surface area contributed by atoms with Crippen LogP contribution in [0.25, 0.3) is 5.70 Å². The minimum absolute atomic E-state index is 0.121. The average molecular weight is 209 g/mol. The van der Waals surface area contributed by atoms with Crippen LogP contribution in [-0.2, 0) is 9.59 Å². The van der Waals surface area contributed by atoms with Crippen molar-refractivity contribution in [3.8, 4) is 5.75 Å². The summed E-state index contributed by atoms with van der Waals surface area (Å²) in [6, 6.07) is 2.69. The van der Waals surface area contributed by atoms with E-state index in [0.29, 0.717) is 0 Å². The van der Waals surface area contributed by atoms with Gasteiger partial charge in [0.15, 0.2) is 11.9 Å². The van der Waals surface area contributed by atoms with E-state index in [9.17, 15) is 14.7 Å². The van der Waals surface area contributed by atoms with Crippen LogP contribution in [0, 0.1) is 0 Å². The highest BCUT2D eigenvalue weighted by molar-refractivity contribution is 6.47. The second kappa shape index (κ2) is 4.23. The first kappa shape index (κ1) is 10.7. The minimum atomic E-state index is -1.73. The molecule has 6 nitrogen and oxygen atoms in total. The lowest BCUT2D eigenvalue weighted by molar-refractivity contribution is -0.581. The number of aromatic nitrogens is 1. The molecule has 0 bridgehead atoms. The smallest absolute Gasteiger partial charge is 0.383 e. The summed E-state index contributed by atoms with van der Waals surface area (Å²) in [5.74, 6) is -3.25. The van der Waals surface area contributed by atoms with Gasteiger partial charge in [-0.15, -0.1) is 0 Å². The van der Waals surface area contributed by atoms with E-state index in [-0.39, 0.29) is 12.0 Å². The van der Waals surface area contributed by atoms with Crippen LogP contribution in [0.5, 0.6) is 5.75 Å². The Morgan fingerprint density at radius 2 is 2.13 bits per heavy atom. The Balaban J connectivity index is 3.15. The zero-order chi connectivity index (χ0) is 11.4. The van der Waals surface area contributed by atoms with Crippen molar-refractivity contribution in [3.05, 3.63) is 30.8 Å². The van der Waals surface area contributed by atoms with Gasteiger partial charge < -0.3 is 15.3 Å². The average Bonchev–Trinajstić information content (AvgIpc) is 2.18. The molecule has 0 amide bonds. The van der Waals surface area contributed by atoms with Crippen LogP contribution < -0.4 is 9.67 Å². The molecule has 2 N–H and O–H groups in total. The number of carbonyl (C=O) groups excluding carboxylic acids is 1. The molecule has 15 heavy (non-hydrogen) atoms. The Morgan fingerprint density at radius 1 is 1.47 bits per heavy atom. The molecule has 1 aromatic rings. The molecule has 0 fully saturated rings. The highest BCUT2D eigenvalue weighted by Gasteiger charge is 2.24. The summed E-state index contributed by atoms with van der Waals surface area (Å²) in [5, 5.41) is 28.0. The van der Waals surface area contributed by atoms with E-state index in [4.69, 9.17) is 10.2 Å². The second-order valence-electron chi connectivity index (χ2n) is 2.61. The van der Waals surface area contributed by atoms with E-state index in [1.807, 2.05) is 0 Å². The van der Waals surface area contributed by atoms with Gasteiger partial charge in [-0.05, 0) is 6.07 Å². The van der Waals surface area contributed by atoms with E-state index >= 15 is 0 Å². The molecule has 1 rings (SSSR count). The summed E-state index contributed by atoms with van der Waals surface area (Å²) in [5.41, 5.74) is -0.571. The lowest BCUT2D eigenvalue weighted by Gasteiger charge is -2.00. The number of hydrogen-bond acceptors (Lipinski definition) is 4. The number of pyridine rings is 1. The molecule has 78 valence electrons. The Morgan fingerprint density at radius 3 is 2.60 bits per heavy atom. The second-order valence-corrected chi connectivity index (χ2v) is 2.61. The SMILES string of the molecule is O=C(O)C(=O)/C(=C/[O-])[n+]1cccc(O)c1. The largest absolute Gasteiger partial charge is 0.873 e. The fourth-order valence-electron chi connectivity index (χ4n) is 0.954. The minimum Gasteiger partial charge on any atom is -0.873 e.